The number of hydrogen-bond acceptors (Lipinski definition) is 2. The summed E-state index contributed by atoms with van der Waals surface area (Å²) in [5.74, 6) is 0.657. The molecular formula is C11H22N2O. The summed E-state index contributed by atoms with van der Waals surface area (Å²) in [7, 11) is 0. The van der Waals surface area contributed by atoms with E-state index in [0.717, 1.165) is 12.8 Å². The first kappa shape index (κ1) is 11.5. The van der Waals surface area contributed by atoms with Crippen molar-refractivity contribution in [2.24, 2.45) is 11.7 Å². The van der Waals surface area contributed by atoms with E-state index in [1.54, 1.807) is 0 Å². The SMILES string of the molecule is CCC[C@H](N)C(=O)NC(C)(C)C1CC1. The van der Waals surface area contributed by atoms with Crippen LogP contribution in [0.15, 0.2) is 0 Å². The lowest BCUT2D eigenvalue weighted by atomic mass is 9.98. The average molecular weight is 198 g/mol. The quantitative estimate of drug-likeness (QED) is 0.702. The fourth-order valence-corrected chi connectivity index (χ4v) is 1.76. The molecular weight excluding hydrogens is 176 g/mol. The second-order valence-electron chi connectivity index (χ2n) is 4.88. The van der Waals surface area contributed by atoms with Crippen molar-refractivity contribution in [2.75, 3.05) is 0 Å². The van der Waals surface area contributed by atoms with Crippen molar-refractivity contribution in [3.63, 3.8) is 0 Å². The maximum absolute atomic E-state index is 11.6. The highest BCUT2D eigenvalue weighted by molar-refractivity contribution is 5.82. The van der Waals surface area contributed by atoms with Crippen LogP contribution in [0, 0.1) is 5.92 Å². The molecule has 0 aliphatic heterocycles. The first-order chi connectivity index (χ1) is 6.47. The molecule has 0 spiro atoms. The first-order valence-electron chi connectivity index (χ1n) is 5.55. The molecule has 0 heterocycles. The highest BCUT2D eigenvalue weighted by atomic mass is 16.2. The molecule has 0 radical (unpaired) electrons. The van der Waals surface area contributed by atoms with Gasteiger partial charge in [-0.15, -0.1) is 0 Å². The van der Waals surface area contributed by atoms with Crippen molar-refractivity contribution in [1.29, 1.82) is 0 Å². The van der Waals surface area contributed by atoms with Crippen LogP contribution in [0.4, 0.5) is 0 Å². The van der Waals surface area contributed by atoms with E-state index in [1.807, 2.05) is 6.92 Å². The molecule has 1 aliphatic carbocycles. The molecule has 0 saturated heterocycles. The second-order valence-corrected chi connectivity index (χ2v) is 4.88. The van der Waals surface area contributed by atoms with E-state index in [4.69, 9.17) is 5.73 Å². The molecule has 82 valence electrons. The van der Waals surface area contributed by atoms with Gasteiger partial charge in [-0.2, -0.15) is 0 Å². The van der Waals surface area contributed by atoms with Crippen LogP contribution in [-0.2, 0) is 4.79 Å². The smallest absolute Gasteiger partial charge is 0.237 e. The lowest BCUT2D eigenvalue weighted by Gasteiger charge is -2.27. The van der Waals surface area contributed by atoms with Crippen LogP contribution in [0.2, 0.25) is 0 Å². The molecule has 0 aromatic heterocycles. The van der Waals surface area contributed by atoms with E-state index < -0.39 is 0 Å². The summed E-state index contributed by atoms with van der Waals surface area (Å²) in [5, 5.41) is 3.04. The molecule has 1 rings (SSSR count). The molecule has 0 aromatic carbocycles. The van der Waals surface area contributed by atoms with Gasteiger partial charge in [-0.25, -0.2) is 0 Å². The third kappa shape index (κ3) is 2.98. The van der Waals surface area contributed by atoms with Gasteiger partial charge in [-0.1, -0.05) is 13.3 Å². The minimum absolute atomic E-state index is 0.00347. The average Bonchev–Trinajstić information content (AvgIpc) is 2.85. The van der Waals surface area contributed by atoms with E-state index in [1.165, 1.54) is 12.8 Å². The maximum atomic E-state index is 11.6. The lowest BCUT2D eigenvalue weighted by molar-refractivity contribution is -0.124. The summed E-state index contributed by atoms with van der Waals surface area (Å²) in [6, 6.07) is -0.335. The van der Waals surface area contributed by atoms with Crippen LogP contribution >= 0.6 is 0 Å². The van der Waals surface area contributed by atoms with Crippen molar-refractivity contribution >= 4 is 5.91 Å². The molecule has 1 amide bonds. The molecule has 3 N–H and O–H groups in total. The predicted octanol–water partition coefficient (Wildman–Crippen LogP) is 1.42. The Morgan fingerprint density at radius 2 is 2.14 bits per heavy atom. The van der Waals surface area contributed by atoms with Gasteiger partial charge in [0.25, 0.3) is 0 Å². The van der Waals surface area contributed by atoms with Crippen molar-refractivity contribution in [3.05, 3.63) is 0 Å². The molecule has 3 nitrogen and oxygen atoms in total. The zero-order valence-electron chi connectivity index (χ0n) is 9.47. The first-order valence-corrected chi connectivity index (χ1v) is 5.55. The topological polar surface area (TPSA) is 55.1 Å². The Kier molecular flexibility index (Phi) is 3.53. The Hall–Kier alpha value is -0.570. The largest absolute Gasteiger partial charge is 0.350 e. The monoisotopic (exact) mass is 198 g/mol. The highest BCUT2D eigenvalue weighted by Gasteiger charge is 2.39. The number of nitrogens with one attached hydrogen (secondary N) is 1. The zero-order valence-corrected chi connectivity index (χ0v) is 9.47. The number of rotatable bonds is 5. The van der Waals surface area contributed by atoms with E-state index in [0.29, 0.717) is 5.92 Å². The van der Waals surface area contributed by atoms with Crippen LogP contribution in [-0.4, -0.2) is 17.5 Å². The molecule has 0 aromatic rings. The highest BCUT2D eigenvalue weighted by Crippen LogP contribution is 2.39. The Morgan fingerprint density at radius 3 is 2.57 bits per heavy atom. The number of nitrogens with two attached hydrogens (primary N) is 1. The normalized spacial score (nSPS) is 19.1. The molecule has 14 heavy (non-hydrogen) atoms. The van der Waals surface area contributed by atoms with Gasteiger partial charge < -0.3 is 11.1 Å². The summed E-state index contributed by atoms with van der Waals surface area (Å²) >= 11 is 0. The van der Waals surface area contributed by atoms with E-state index in [-0.39, 0.29) is 17.5 Å². The Morgan fingerprint density at radius 1 is 1.57 bits per heavy atom. The van der Waals surface area contributed by atoms with E-state index >= 15 is 0 Å². The molecule has 0 bridgehead atoms. The minimum atomic E-state index is -0.335. The third-order valence-electron chi connectivity index (χ3n) is 2.98. The van der Waals surface area contributed by atoms with Crippen LogP contribution in [0.5, 0.6) is 0 Å². The van der Waals surface area contributed by atoms with E-state index in [2.05, 4.69) is 19.2 Å². The van der Waals surface area contributed by atoms with Crippen molar-refractivity contribution < 1.29 is 4.79 Å². The van der Waals surface area contributed by atoms with Crippen LogP contribution in [0.3, 0.4) is 0 Å². The van der Waals surface area contributed by atoms with Crippen LogP contribution in [0.25, 0.3) is 0 Å². The fourth-order valence-electron chi connectivity index (χ4n) is 1.76. The number of carbonyl (C=O) groups is 1. The van der Waals surface area contributed by atoms with Crippen molar-refractivity contribution in [1.82, 2.24) is 5.32 Å². The summed E-state index contributed by atoms with van der Waals surface area (Å²) in [4.78, 5) is 11.6. The molecule has 1 saturated carbocycles. The number of carbonyl (C=O) groups excluding carboxylic acids is 1. The molecule has 1 fully saturated rings. The van der Waals surface area contributed by atoms with Gasteiger partial charge in [0.2, 0.25) is 5.91 Å². The van der Waals surface area contributed by atoms with Gasteiger partial charge in [0.1, 0.15) is 0 Å². The summed E-state index contributed by atoms with van der Waals surface area (Å²) in [5.41, 5.74) is 5.68. The molecule has 1 atom stereocenters. The Bertz CT molecular complexity index is 209. The van der Waals surface area contributed by atoms with E-state index in [9.17, 15) is 4.79 Å². The number of amides is 1. The molecule has 0 unspecified atom stereocenters. The minimum Gasteiger partial charge on any atom is -0.350 e. The Balaban J connectivity index is 2.38. The van der Waals surface area contributed by atoms with Gasteiger partial charge in [-0.05, 0) is 39.0 Å². The van der Waals surface area contributed by atoms with Gasteiger partial charge in [0.05, 0.1) is 6.04 Å². The summed E-state index contributed by atoms with van der Waals surface area (Å²) in [6.45, 7) is 6.21. The zero-order chi connectivity index (χ0) is 10.8. The van der Waals surface area contributed by atoms with Crippen molar-refractivity contribution in [2.45, 2.75) is 58.0 Å². The third-order valence-corrected chi connectivity index (χ3v) is 2.98. The Labute approximate surface area is 86.4 Å². The standard InChI is InChI=1S/C11H22N2O/c1-4-5-9(12)10(14)13-11(2,3)8-6-7-8/h8-9H,4-7,12H2,1-3H3,(H,13,14)/t9-/m0/s1. The maximum Gasteiger partial charge on any atom is 0.237 e. The van der Waals surface area contributed by atoms with Crippen LogP contribution < -0.4 is 11.1 Å². The van der Waals surface area contributed by atoms with Crippen LogP contribution in [0.1, 0.15) is 46.5 Å². The molecule has 3 heteroatoms. The van der Waals surface area contributed by atoms with Gasteiger partial charge in [-0.3, -0.25) is 4.79 Å². The number of hydrogen-bond donors (Lipinski definition) is 2. The lowest BCUT2D eigenvalue weighted by Crippen LogP contribution is -2.51. The fraction of sp³-hybridized carbons (Fsp3) is 0.909. The summed E-state index contributed by atoms with van der Waals surface area (Å²) in [6.07, 6.45) is 4.19. The van der Waals surface area contributed by atoms with Crippen molar-refractivity contribution in [3.8, 4) is 0 Å². The van der Waals surface area contributed by atoms with Gasteiger partial charge in [0.15, 0.2) is 0 Å². The summed E-state index contributed by atoms with van der Waals surface area (Å²) < 4.78 is 0. The van der Waals surface area contributed by atoms with Gasteiger partial charge in [0, 0.05) is 5.54 Å². The molecule has 1 aliphatic rings. The second kappa shape index (κ2) is 4.30. The van der Waals surface area contributed by atoms with Gasteiger partial charge >= 0.3 is 0 Å². The predicted molar refractivity (Wildman–Crippen MR) is 57.8 cm³/mol.